The molecule has 1 unspecified atom stereocenters. The lowest BCUT2D eigenvalue weighted by Gasteiger charge is -2.18. The van der Waals surface area contributed by atoms with Gasteiger partial charge in [-0.1, -0.05) is 13.8 Å². The van der Waals surface area contributed by atoms with E-state index >= 15 is 0 Å². The SMILES string of the molecule is CC(C)C(C)NC[C@@H](C)O. The Bertz CT molecular complexity index is 81.3. The van der Waals surface area contributed by atoms with Gasteiger partial charge < -0.3 is 10.4 Å². The van der Waals surface area contributed by atoms with Crippen LogP contribution in [0.5, 0.6) is 0 Å². The van der Waals surface area contributed by atoms with Gasteiger partial charge in [-0.2, -0.15) is 0 Å². The van der Waals surface area contributed by atoms with Gasteiger partial charge in [0.2, 0.25) is 0 Å². The molecule has 0 bridgehead atoms. The van der Waals surface area contributed by atoms with Crippen molar-refractivity contribution in [2.75, 3.05) is 6.54 Å². The second kappa shape index (κ2) is 4.69. The lowest BCUT2D eigenvalue weighted by molar-refractivity contribution is 0.183. The summed E-state index contributed by atoms with van der Waals surface area (Å²) in [6.45, 7) is 8.95. The second-order valence-electron chi connectivity index (χ2n) is 3.29. The Labute approximate surface area is 63.6 Å². The minimum absolute atomic E-state index is 0.235. The Morgan fingerprint density at radius 1 is 1.20 bits per heavy atom. The zero-order valence-corrected chi connectivity index (χ0v) is 7.39. The minimum Gasteiger partial charge on any atom is -0.392 e. The van der Waals surface area contributed by atoms with Crippen LogP contribution in [0.25, 0.3) is 0 Å². The topological polar surface area (TPSA) is 32.3 Å². The average molecular weight is 145 g/mol. The van der Waals surface area contributed by atoms with E-state index in [1.165, 1.54) is 0 Å². The van der Waals surface area contributed by atoms with Crippen LogP contribution in [0.4, 0.5) is 0 Å². The molecule has 0 fully saturated rings. The highest BCUT2D eigenvalue weighted by Gasteiger charge is 2.05. The highest BCUT2D eigenvalue weighted by molar-refractivity contribution is 4.65. The molecule has 2 atom stereocenters. The zero-order chi connectivity index (χ0) is 8.15. The molecule has 62 valence electrons. The van der Waals surface area contributed by atoms with E-state index in [1.54, 1.807) is 6.92 Å². The Balaban J connectivity index is 3.30. The Morgan fingerprint density at radius 2 is 1.70 bits per heavy atom. The Morgan fingerprint density at radius 3 is 2.00 bits per heavy atom. The maximum absolute atomic E-state index is 8.92. The van der Waals surface area contributed by atoms with Gasteiger partial charge in [0.1, 0.15) is 0 Å². The molecule has 2 heteroatoms. The van der Waals surface area contributed by atoms with Crippen LogP contribution in [0.1, 0.15) is 27.7 Å². The van der Waals surface area contributed by atoms with Crippen LogP contribution in [0.2, 0.25) is 0 Å². The molecule has 0 saturated carbocycles. The fourth-order valence-electron chi connectivity index (χ4n) is 0.592. The van der Waals surface area contributed by atoms with Crippen molar-refractivity contribution in [3.8, 4) is 0 Å². The van der Waals surface area contributed by atoms with Crippen LogP contribution in [-0.2, 0) is 0 Å². The van der Waals surface area contributed by atoms with Crippen LogP contribution in [0.3, 0.4) is 0 Å². The summed E-state index contributed by atoms with van der Waals surface area (Å²) in [6.07, 6.45) is -0.235. The van der Waals surface area contributed by atoms with Crippen molar-refractivity contribution in [3.63, 3.8) is 0 Å². The molecule has 10 heavy (non-hydrogen) atoms. The van der Waals surface area contributed by atoms with Crippen molar-refractivity contribution >= 4 is 0 Å². The third-order valence-electron chi connectivity index (χ3n) is 1.74. The van der Waals surface area contributed by atoms with Crippen molar-refractivity contribution in [3.05, 3.63) is 0 Å². The van der Waals surface area contributed by atoms with E-state index < -0.39 is 0 Å². The van der Waals surface area contributed by atoms with Gasteiger partial charge in [-0.25, -0.2) is 0 Å². The summed E-state index contributed by atoms with van der Waals surface area (Å²) in [6, 6.07) is 0.495. The lowest BCUT2D eigenvalue weighted by atomic mass is 10.1. The molecule has 0 aromatic carbocycles. The average Bonchev–Trinajstić information content (AvgIpc) is 1.82. The molecule has 0 aromatic heterocycles. The van der Waals surface area contributed by atoms with Crippen LogP contribution >= 0.6 is 0 Å². The molecule has 0 rings (SSSR count). The highest BCUT2D eigenvalue weighted by Crippen LogP contribution is 1.98. The van der Waals surface area contributed by atoms with Gasteiger partial charge in [-0.3, -0.25) is 0 Å². The van der Waals surface area contributed by atoms with Crippen LogP contribution in [0, 0.1) is 5.92 Å². The largest absolute Gasteiger partial charge is 0.392 e. The first-order valence-electron chi connectivity index (χ1n) is 3.95. The van der Waals surface area contributed by atoms with E-state index in [9.17, 15) is 0 Å². The molecular weight excluding hydrogens is 126 g/mol. The first-order valence-corrected chi connectivity index (χ1v) is 3.95. The molecule has 0 amide bonds. The molecule has 2 N–H and O–H groups in total. The van der Waals surface area contributed by atoms with Gasteiger partial charge in [0.15, 0.2) is 0 Å². The van der Waals surface area contributed by atoms with E-state index in [4.69, 9.17) is 5.11 Å². The summed E-state index contributed by atoms with van der Waals surface area (Å²) in [7, 11) is 0. The standard InChI is InChI=1S/C8H19NO/c1-6(2)8(4)9-5-7(3)10/h6-10H,5H2,1-4H3/t7-,8?/m1/s1. The number of nitrogens with one attached hydrogen (secondary N) is 1. The lowest BCUT2D eigenvalue weighted by Crippen LogP contribution is -2.35. The monoisotopic (exact) mass is 145 g/mol. The van der Waals surface area contributed by atoms with Crippen molar-refractivity contribution in [2.45, 2.75) is 39.8 Å². The van der Waals surface area contributed by atoms with Crippen molar-refractivity contribution < 1.29 is 5.11 Å². The zero-order valence-electron chi connectivity index (χ0n) is 7.39. The van der Waals surface area contributed by atoms with Gasteiger partial charge in [0.05, 0.1) is 6.10 Å². The van der Waals surface area contributed by atoms with Gasteiger partial charge in [-0.15, -0.1) is 0 Å². The van der Waals surface area contributed by atoms with E-state index in [-0.39, 0.29) is 6.10 Å². The number of aliphatic hydroxyl groups excluding tert-OH is 1. The van der Waals surface area contributed by atoms with Gasteiger partial charge in [0, 0.05) is 12.6 Å². The van der Waals surface area contributed by atoms with Crippen molar-refractivity contribution in [2.24, 2.45) is 5.92 Å². The van der Waals surface area contributed by atoms with E-state index in [1.807, 2.05) is 0 Å². The molecule has 0 saturated heterocycles. The fraction of sp³-hybridized carbons (Fsp3) is 1.00. The first-order chi connectivity index (χ1) is 4.54. The van der Waals surface area contributed by atoms with Crippen molar-refractivity contribution in [1.82, 2.24) is 5.32 Å². The van der Waals surface area contributed by atoms with Gasteiger partial charge in [-0.05, 0) is 19.8 Å². The fourth-order valence-corrected chi connectivity index (χ4v) is 0.592. The predicted octanol–water partition coefficient (Wildman–Crippen LogP) is 1.00. The Kier molecular flexibility index (Phi) is 4.65. The van der Waals surface area contributed by atoms with E-state index in [0.717, 1.165) is 0 Å². The number of rotatable bonds is 4. The summed E-state index contributed by atoms with van der Waals surface area (Å²) >= 11 is 0. The van der Waals surface area contributed by atoms with Crippen molar-refractivity contribution in [1.29, 1.82) is 0 Å². The molecule has 0 radical (unpaired) electrons. The summed E-state index contributed by atoms with van der Waals surface area (Å²) in [5, 5.41) is 12.2. The smallest absolute Gasteiger partial charge is 0.0636 e. The molecule has 0 heterocycles. The van der Waals surface area contributed by atoms with Crippen LogP contribution in [0.15, 0.2) is 0 Å². The second-order valence-corrected chi connectivity index (χ2v) is 3.29. The Hall–Kier alpha value is -0.0800. The number of hydrogen-bond donors (Lipinski definition) is 2. The molecule has 0 aliphatic rings. The molecule has 0 aliphatic carbocycles. The molecule has 0 aromatic rings. The first kappa shape index (κ1) is 9.92. The van der Waals surface area contributed by atoms with Crippen LogP contribution in [-0.4, -0.2) is 23.8 Å². The number of aliphatic hydroxyl groups is 1. The summed E-state index contributed by atoms with van der Waals surface area (Å²) in [4.78, 5) is 0. The maximum Gasteiger partial charge on any atom is 0.0636 e. The quantitative estimate of drug-likeness (QED) is 0.618. The molecule has 2 nitrogen and oxygen atoms in total. The third kappa shape index (κ3) is 4.77. The van der Waals surface area contributed by atoms with Crippen LogP contribution < -0.4 is 5.32 Å². The summed E-state index contributed by atoms with van der Waals surface area (Å²) < 4.78 is 0. The maximum atomic E-state index is 8.92. The third-order valence-corrected chi connectivity index (χ3v) is 1.74. The summed E-state index contributed by atoms with van der Waals surface area (Å²) in [5.41, 5.74) is 0. The minimum atomic E-state index is -0.235. The van der Waals surface area contributed by atoms with E-state index in [2.05, 4.69) is 26.1 Å². The predicted molar refractivity (Wildman–Crippen MR) is 44.0 cm³/mol. The summed E-state index contributed by atoms with van der Waals surface area (Å²) in [5.74, 6) is 0.638. The highest BCUT2D eigenvalue weighted by atomic mass is 16.3. The molecule has 0 aliphatic heterocycles. The van der Waals surface area contributed by atoms with Gasteiger partial charge in [0.25, 0.3) is 0 Å². The van der Waals surface area contributed by atoms with E-state index in [0.29, 0.717) is 18.5 Å². The normalized spacial score (nSPS) is 17.4. The van der Waals surface area contributed by atoms with Gasteiger partial charge >= 0.3 is 0 Å². The number of hydrogen-bond acceptors (Lipinski definition) is 2. The molecular formula is C8H19NO. The molecule has 0 spiro atoms.